The first kappa shape index (κ1) is 33.5. The number of aliphatic carboxylic acids is 1. The fourth-order valence-corrected chi connectivity index (χ4v) is 5.42. The minimum absolute atomic E-state index is 0. The molecule has 0 aromatic heterocycles. The lowest BCUT2D eigenvalue weighted by Crippen LogP contribution is -2.41. The number of rotatable bonds is 10. The average molecular weight is 608 g/mol. The number of hydrogen-bond donors (Lipinski definition) is 3. The Labute approximate surface area is 241 Å². The van der Waals surface area contributed by atoms with Crippen molar-refractivity contribution in [2.75, 3.05) is 30.2 Å². The van der Waals surface area contributed by atoms with Gasteiger partial charge in [0.05, 0.1) is 17.3 Å². The molecule has 0 amide bonds. The Balaban J connectivity index is 0.00000361. The van der Waals surface area contributed by atoms with Gasteiger partial charge in [-0.1, -0.05) is 42.0 Å². The van der Waals surface area contributed by atoms with Crippen molar-refractivity contribution in [2.45, 2.75) is 31.9 Å². The van der Waals surface area contributed by atoms with Gasteiger partial charge in [-0.2, -0.15) is 0 Å². The van der Waals surface area contributed by atoms with E-state index < -0.39 is 21.7 Å². The van der Waals surface area contributed by atoms with E-state index in [0.29, 0.717) is 22.9 Å². The number of nitrogens with zero attached hydrogens (tertiary/aromatic N) is 2. The highest BCUT2D eigenvalue weighted by atomic mass is 35.5. The first-order chi connectivity index (χ1) is 17.0. The van der Waals surface area contributed by atoms with E-state index >= 15 is 0 Å². The molecule has 2 aromatic carbocycles. The van der Waals surface area contributed by atoms with Gasteiger partial charge in [0.25, 0.3) is 0 Å². The van der Waals surface area contributed by atoms with Crippen LogP contribution in [0.25, 0.3) is 6.08 Å². The lowest BCUT2D eigenvalue weighted by molar-refractivity contribution is -0.134. The molecule has 2 atom stereocenters. The summed E-state index contributed by atoms with van der Waals surface area (Å²) < 4.78 is 32.9. The van der Waals surface area contributed by atoms with E-state index in [1.807, 2.05) is 0 Å². The number of carboxylic acid groups (broad SMARTS) is 1. The zero-order chi connectivity index (χ0) is 26.5. The molecule has 1 saturated heterocycles. The number of ether oxygens (including phenoxy) is 1. The van der Waals surface area contributed by atoms with Crippen LogP contribution in [-0.2, 0) is 14.8 Å². The fourth-order valence-electron chi connectivity index (χ4n) is 3.98. The monoisotopic (exact) mass is 606 g/mol. The minimum Gasteiger partial charge on any atom is -0.489 e. The van der Waals surface area contributed by atoms with Crippen molar-refractivity contribution in [1.82, 2.24) is 4.90 Å². The van der Waals surface area contributed by atoms with Crippen molar-refractivity contribution in [1.29, 1.82) is 5.41 Å². The van der Waals surface area contributed by atoms with Crippen LogP contribution < -0.4 is 14.8 Å². The van der Waals surface area contributed by atoms with Gasteiger partial charge >= 0.3 is 5.97 Å². The van der Waals surface area contributed by atoms with Gasteiger partial charge in [0.2, 0.25) is 10.0 Å². The number of nitrogens with one attached hydrogen (secondary N) is 1. The van der Waals surface area contributed by atoms with Crippen LogP contribution in [0.5, 0.6) is 5.75 Å². The molecule has 1 fully saturated rings. The summed E-state index contributed by atoms with van der Waals surface area (Å²) in [7, 11) is -2.12. The Kier molecular flexibility index (Phi) is 12.9. The summed E-state index contributed by atoms with van der Waals surface area (Å²) in [5, 5.41) is 16.9. The maximum absolute atomic E-state index is 12.9. The molecular formula is C25H33Cl3N4O5S. The van der Waals surface area contributed by atoms with Crippen molar-refractivity contribution < 1.29 is 23.1 Å². The van der Waals surface area contributed by atoms with Gasteiger partial charge in [0, 0.05) is 18.2 Å². The van der Waals surface area contributed by atoms with Gasteiger partial charge in [-0.15, -0.1) is 24.8 Å². The Morgan fingerprint density at radius 2 is 2.00 bits per heavy atom. The van der Waals surface area contributed by atoms with Crippen LogP contribution in [0, 0.1) is 5.41 Å². The molecule has 13 heteroatoms. The number of nitrogens with two attached hydrogens (primary N) is 1. The Morgan fingerprint density at radius 1 is 1.29 bits per heavy atom. The average Bonchev–Trinajstić information content (AvgIpc) is 2.80. The standard InChI is InChI=1S/C25H31ClN4O5S.2ClH/c1-17-13-21(10-12-29(17)2)35-23-9-8-20(15-22(23)26)30(36(33,34)16-24(31)32)11-4-6-18-5-3-7-19(14-18)25(27)28;;/h3-9,14-15,17,21H,10-13,16H2,1-2H3,(H3,27,28)(H,31,32);2*1H/b6-4+;;. The molecule has 0 saturated carbocycles. The predicted octanol–water partition coefficient (Wildman–Crippen LogP) is 4.26. The molecule has 4 N–H and O–H groups in total. The predicted molar refractivity (Wildman–Crippen MR) is 157 cm³/mol. The lowest BCUT2D eigenvalue weighted by Gasteiger charge is -2.35. The van der Waals surface area contributed by atoms with Gasteiger partial charge in [-0.25, -0.2) is 8.42 Å². The highest BCUT2D eigenvalue weighted by Crippen LogP contribution is 2.33. The summed E-state index contributed by atoms with van der Waals surface area (Å²) in [6, 6.07) is 11.9. The fraction of sp³-hybridized carbons (Fsp3) is 0.360. The van der Waals surface area contributed by atoms with E-state index in [4.69, 9.17) is 32.6 Å². The minimum atomic E-state index is -4.20. The molecular weight excluding hydrogens is 575 g/mol. The van der Waals surface area contributed by atoms with E-state index in [9.17, 15) is 13.2 Å². The van der Waals surface area contributed by atoms with Gasteiger partial charge in [0.1, 0.15) is 17.7 Å². The van der Waals surface area contributed by atoms with Gasteiger partial charge in [-0.05, 0) is 56.6 Å². The van der Waals surface area contributed by atoms with Crippen molar-refractivity contribution in [3.8, 4) is 5.75 Å². The molecule has 1 heterocycles. The number of anilines is 1. The molecule has 210 valence electrons. The number of nitrogen functional groups attached to an aromatic ring is 1. The topological polar surface area (TPSA) is 137 Å². The smallest absolute Gasteiger partial charge is 0.320 e. The second kappa shape index (κ2) is 14.6. The van der Waals surface area contributed by atoms with E-state index in [1.165, 1.54) is 6.07 Å². The van der Waals surface area contributed by atoms with Crippen LogP contribution >= 0.6 is 36.4 Å². The summed E-state index contributed by atoms with van der Waals surface area (Å²) in [6.45, 7) is 2.92. The maximum Gasteiger partial charge on any atom is 0.320 e. The molecule has 38 heavy (non-hydrogen) atoms. The molecule has 9 nitrogen and oxygen atoms in total. The summed E-state index contributed by atoms with van der Waals surface area (Å²) in [5.74, 6) is -2.15. The van der Waals surface area contributed by atoms with E-state index in [0.717, 1.165) is 23.7 Å². The number of likely N-dealkylation sites (tertiary alicyclic amines) is 1. The molecule has 3 rings (SSSR count). The van der Waals surface area contributed by atoms with Gasteiger partial charge < -0.3 is 20.5 Å². The number of sulfonamides is 1. The van der Waals surface area contributed by atoms with Crippen molar-refractivity contribution in [3.05, 3.63) is 64.7 Å². The van der Waals surface area contributed by atoms with E-state index in [2.05, 4.69) is 18.9 Å². The molecule has 0 bridgehead atoms. The molecule has 2 unspecified atom stereocenters. The van der Waals surface area contributed by atoms with Crippen LogP contribution in [0.1, 0.15) is 30.9 Å². The highest BCUT2D eigenvalue weighted by molar-refractivity contribution is 7.93. The molecule has 1 aliphatic heterocycles. The van der Waals surface area contributed by atoms with Crippen LogP contribution in [-0.4, -0.2) is 68.3 Å². The molecule has 0 radical (unpaired) electrons. The molecule has 0 aliphatic carbocycles. The molecule has 0 spiro atoms. The normalized spacial score (nSPS) is 17.8. The third kappa shape index (κ3) is 9.06. The third-order valence-electron chi connectivity index (χ3n) is 6.08. The van der Waals surface area contributed by atoms with Crippen molar-refractivity contribution in [3.63, 3.8) is 0 Å². The second-order valence-electron chi connectivity index (χ2n) is 8.83. The summed E-state index contributed by atoms with van der Waals surface area (Å²) in [5.41, 5.74) is 7.01. The summed E-state index contributed by atoms with van der Waals surface area (Å²) in [4.78, 5) is 13.5. The van der Waals surface area contributed by atoms with Crippen LogP contribution in [0.3, 0.4) is 0 Å². The van der Waals surface area contributed by atoms with E-state index in [1.54, 1.807) is 48.6 Å². The Hall–Kier alpha value is -2.50. The summed E-state index contributed by atoms with van der Waals surface area (Å²) in [6.07, 6.45) is 4.98. The van der Waals surface area contributed by atoms with Crippen molar-refractivity contribution >= 4 is 70.0 Å². The van der Waals surface area contributed by atoms with Crippen LogP contribution in [0.2, 0.25) is 5.02 Å². The van der Waals surface area contributed by atoms with E-state index in [-0.39, 0.29) is 54.0 Å². The third-order valence-corrected chi connectivity index (χ3v) is 8.02. The number of hydrogen-bond acceptors (Lipinski definition) is 6. The zero-order valence-corrected chi connectivity index (χ0v) is 24.2. The first-order valence-electron chi connectivity index (χ1n) is 11.5. The highest BCUT2D eigenvalue weighted by Gasteiger charge is 2.27. The van der Waals surface area contributed by atoms with Crippen LogP contribution in [0.15, 0.2) is 48.5 Å². The second-order valence-corrected chi connectivity index (χ2v) is 11.1. The summed E-state index contributed by atoms with van der Waals surface area (Å²) >= 11 is 6.47. The molecule has 2 aromatic rings. The quantitative estimate of drug-likeness (QED) is 0.271. The lowest BCUT2D eigenvalue weighted by atomic mass is 10.0. The van der Waals surface area contributed by atoms with Crippen molar-refractivity contribution in [2.24, 2.45) is 5.73 Å². The largest absolute Gasteiger partial charge is 0.489 e. The maximum atomic E-state index is 12.9. The number of benzene rings is 2. The number of carbonyl (C=O) groups is 1. The Morgan fingerprint density at radius 3 is 2.61 bits per heavy atom. The number of amidine groups is 1. The first-order valence-corrected chi connectivity index (χ1v) is 13.4. The number of halogens is 3. The SMILES string of the molecule is CC1CC(Oc2ccc(N(C/C=C/c3cccc(C(=N)N)c3)S(=O)(=O)CC(=O)O)cc2Cl)CCN1C.Cl.Cl. The van der Waals surface area contributed by atoms with Gasteiger partial charge in [0.15, 0.2) is 5.75 Å². The van der Waals surface area contributed by atoms with Gasteiger partial charge in [-0.3, -0.25) is 14.5 Å². The molecule has 1 aliphatic rings. The number of piperidine rings is 1. The number of carboxylic acids is 1. The van der Waals surface area contributed by atoms with Crippen LogP contribution in [0.4, 0.5) is 5.69 Å². The zero-order valence-electron chi connectivity index (χ0n) is 21.0. The Bertz CT molecular complexity index is 1260.